The number of alkyl halides is 3. The number of hydrogen-bond acceptors (Lipinski definition) is 5. The summed E-state index contributed by atoms with van der Waals surface area (Å²) in [6, 6.07) is 9.67. The Morgan fingerprint density at radius 2 is 1.96 bits per heavy atom. The minimum absolute atomic E-state index is 0.0431. The molecule has 0 aliphatic rings. The molecule has 3 aromatic rings. The van der Waals surface area contributed by atoms with Gasteiger partial charge in [-0.25, -0.2) is 0 Å². The van der Waals surface area contributed by atoms with Crippen molar-refractivity contribution < 1.29 is 31.6 Å². The Bertz CT molecular complexity index is 872. The summed E-state index contributed by atoms with van der Waals surface area (Å²) in [6.07, 6.45) is -3.08. The van der Waals surface area contributed by atoms with E-state index in [4.69, 9.17) is 13.7 Å². The maximum atomic E-state index is 12.9. The zero-order valence-electron chi connectivity index (χ0n) is 13.2. The number of hydrogen-bond donors (Lipinski definition) is 1. The van der Waals surface area contributed by atoms with Gasteiger partial charge in [0.15, 0.2) is 5.76 Å². The van der Waals surface area contributed by atoms with E-state index in [9.17, 15) is 18.0 Å². The molecule has 0 unspecified atom stereocenters. The second kappa shape index (κ2) is 7.44. The zero-order chi connectivity index (χ0) is 18.6. The van der Waals surface area contributed by atoms with Crippen LogP contribution in [0.25, 0.3) is 11.5 Å². The van der Waals surface area contributed by atoms with E-state index in [0.29, 0.717) is 17.2 Å². The lowest BCUT2D eigenvalue weighted by molar-refractivity contribution is -0.137. The van der Waals surface area contributed by atoms with Crippen molar-refractivity contribution >= 4 is 11.6 Å². The molecule has 0 atom stereocenters. The van der Waals surface area contributed by atoms with E-state index >= 15 is 0 Å². The highest BCUT2D eigenvalue weighted by atomic mass is 19.4. The third kappa shape index (κ3) is 4.31. The molecule has 0 radical (unpaired) electrons. The largest absolute Gasteiger partial charge is 0.461 e. The van der Waals surface area contributed by atoms with Crippen LogP contribution in [0.1, 0.15) is 11.3 Å². The van der Waals surface area contributed by atoms with Crippen LogP contribution in [-0.4, -0.2) is 17.7 Å². The first-order valence-electron chi connectivity index (χ1n) is 7.47. The highest BCUT2D eigenvalue weighted by Gasteiger charge is 2.33. The molecule has 6 nitrogen and oxygen atoms in total. The van der Waals surface area contributed by atoms with Crippen molar-refractivity contribution in [2.24, 2.45) is 0 Å². The van der Waals surface area contributed by atoms with E-state index in [1.165, 1.54) is 24.5 Å². The van der Waals surface area contributed by atoms with E-state index in [1.807, 2.05) is 0 Å². The van der Waals surface area contributed by atoms with Gasteiger partial charge in [0.2, 0.25) is 11.7 Å². The minimum atomic E-state index is -4.56. The average Bonchev–Trinajstić information content (AvgIpc) is 3.25. The first kappa shape index (κ1) is 17.7. The van der Waals surface area contributed by atoms with Gasteiger partial charge in [-0.15, -0.1) is 0 Å². The Morgan fingerprint density at radius 3 is 2.69 bits per heavy atom. The summed E-state index contributed by atoms with van der Waals surface area (Å²) >= 11 is 0. The van der Waals surface area contributed by atoms with Gasteiger partial charge in [-0.05, 0) is 24.3 Å². The van der Waals surface area contributed by atoms with Gasteiger partial charge in [-0.1, -0.05) is 17.3 Å². The van der Waals surface area contributed by atoms with Gasteiger partial charge in [-0.3, -0.25) is 4.79 Å². The van der Waals surface area contributed by atoms with E-state index in [-0.39, 0.29) is 12.3 Å². The summed E-state index contributed by atoms with van der Waals surface area (Å²) in [5, 5.41) is 5.95. The lowest BCUT2D eigenvalue weighted by Crippen LogP contribution is -2.20. The Morgan fingerprint density at radius 1 is 1.15 bits per heavy atom. The third-order valence-corrected chi connectivity index (χ3v) is 3.31. The molecule has 136 valence electrons. The number of carbonyl (C=O) groups excluding carboxylic acids is 1. The van der Waals surface area contributed by atoms with E-state index < -0.39 is 24.3 Å². The Balaban J connectivity index is 1.53. The van der Waals surface area contributed by atoms with Gasteiger partial charge in [0.1, 0.15) is 12.3 Å². The molecular weight excluding hydrogens is 353 g/mol. The van der Waals surface area contributed by atoms with Crippen molar-refractivity contribution in [3.63, 3.8) is 0 Å². The number of rotatable bonds is 6. The van der Waals surface area contributed by atoms with Crippen LogP contribution in [-0.2, 0) is 22.3 Å². The Hall–Kier alpha value is -3.07. The van der Waals surface area contributed by atoms with Gasteiger partial charge >= 0.3 is 6.18 Å². The molecule has 0 saturated heterocycles. The van der Waals surface area contributed by atoms with Gasteiger partial charge < -0.3 is 19.0 Å². The van der Waals surface area contributed by atoms with Gasteiger partial charge in [0.05, 0.1) is 24.1 Å². The van der Waals surface area contributed by atoms with Crippen molar-refractivity contribution in [1.82, 2.24) is 5.16 Å². The maximum Gasteiger partial charge on any atom is 0.418 e. The Kier molecular flexibility index (Phi) is 5.08. The molecule has 9 heteroatoms. The quantitative estimate of drug-likeness (QED) is 0.710. The molecule has 0 fully saturated rings. The smallest absolute Gasteiger partial charge is 0.418 e. The first-order valence-corrected chi connectivity index (χ1v) is 7.47. The van der Waals surface area contributed by atoms with Gasteiger partial charge in [0.25, 0.3) is 0 Å². The molecule has 0 spiro atoms. The SMILES string of the molecule is O=C(COCc1cc(-c2ccco2)on1)Nc1ccccc1C(F)(F)F. The van der Waals surface area contributed by atoms with Crippen molar-refractivity contribution in [3.05, 3.63) is 60.0 Å². The number of nitrogens with one attached hydrogen (secondary N) is 1. The van der Waals surface area contributed by atoms with Crippen molar-refractivity contribution in [1.29, 1.82) is 0 Å². The molecule has 3 rings (SSSR count). The van der Waals surface area contributed by atoms with Crippen molar-refractivity contribution in [2.45, 2.75) is 12.8 Å². The van der Waals surface area contributed by atoms with Crippen molar-refractivity contribution in [3.8, 4) is 11.5 Å². The van der Waals surface area contributed by atoms with E-state index in [0.717, 1.165) is 6.07 Å². The summed E-state index contributed by atoms with van der Waals surface area (Å²) in [4.78, 5) is 11.8. The number of halogens is 3. The summed E-state index contributed by atoms with van der Waals surface area (Å²) in [5.74, 6) is 0.179. The molecule has 2 heterocycles. The summed E-state index contributed by atoms with van der Waals surface area (Å²) in [7, 11) is 0. The normalized spacial score (nSPS) is 11.5. The van der Waals surface area contributed by atoms with E-state index in [1.54, 1.807) is 18.2 Å². The van der Waals surface area contributed by atoms with Crippen LogP contribution in [0.15, 0.2) is 57.7 Å². The number of para-hydroxylation sites is 1. The predicted molar refractivity (Wildman–Crippen MR) is 83.9 cm³/mol. The van der Waals surface area contributed by atoms with Crippen LogP contribution < -0.4 is 5.32 Å². The molecule has 1 amide bonds. The number of ether oxygens (including phenoxy) is 1. The number of benzene rings is 1. The molecule has 1 aromatic carbocycles. The highest BCUT2D eigenvalue weighted by Crippen LogP contribution is 2.34. The first-order chi connectivity index (χ1) is 12.4. The number of furan rings is 1. The standard InChI is InChI=1S/C17H13F3N2O4/c18-17(19,20)12-4-1-2-5-13(12)21-16(23)10-24-9-11-8-15(26-22-11)14-6-3-7-25-14/h1-8H,9-10H2,(H,21,23). The van der Waals surface area contributed by atoms with Gasteiger partial charge in [-0.2, -0.15) is 13.2 Å². The third-order valence-electron chi connectivity index (χ3n) is 3.31. The Labute approximate surface area is 145 Å². The minimum Gasteiger partial charge on any atom is -0.461 e. The van der Waals surface area contributed by atoms with Gasteiger partial charge in [0, 0.05) is 6.07 Å². The fourth-order valence-electron chi connectivity index (χ4n) is 2.19. The second-order valence-corrected chi connectivity index (χ2v) is 5.24. The topological polar surface area (TPSA) is 77.5 Å². The number of carbonyl (C=O) groups is 1. The van der Waals surface area contributed by atoms with Crippen LogP contribution in [0, 0.1) is 0 Å². The zero-order valence-corrected chi connectivity index (χ0v) is 13.2. The van der Waals surface area contributed by atoms with Crippen LogP contribution in [0.3, 0.4) is 0 Å². The van der Waals surface area contributed by atoms with E-state index in [2.05, 4.69) is 10.5 Å². The number of amides is 1. The monoisotopic (exact) mass is 366 g/mol. The lowest BCUT2D eigenvalue weighted by Gasteiger charge is -2.13. The summed E-state index contributed by atoms with van der Waals surface area (Å²) in [5.41, 5.74) is -0.831. The second-order valence-electron chi connectivity index (χ2n) is 5.24. The number of anilines is 1. The fourth-order valence-corrected chi connectivity index (χ4v) is 2.19. The molecule has 0 aliphatic carbocycles. The predicted octanol–water partition coefficient (Wildman–Crippen LogP) is 4.11. The number of nitrogens with zero attached hydrogens (tertiary/aromatic N) is 1. The lowest BCUT2D eigenvalue weighted by atomic mass is 10.1. The maximum absolute atomic E-state index is 12.9. The summed E-state index contributed by atoms with van der Waals surface area (Å²) in [6.45, 7) is -0.478. The molecule has 0 bridgehead atoms. The van der Waals surface area contributed by atoms with Crippen molar-refractivity contribution in [2.75, 3.05) is 11.9 Å². The highest BCUT2D eigenvalue weighted by molar-refractivity contribution is 5.92. The van der Waals surface area contributed by atoms with Crippen LogP contribution in [0.2, 0.25) is 0 Å². The van der Waals surface area contributed by atoms with Crippen LogP contribution in [0.5, 0.6) is 0 Å². The molecule has 2 aromatic heterocycles. The fraction of sp³-hybridized carbons (Fsp3) is 0.176. The number of aromatic nitrogens is 1. The van der Waals surface area contributed by atoms with Crippen LogP contribution in [0.4, 0.5) is 18.9 Å². The molecule has 26 heavy (non-hydrogen) atoms. The molecule has 0 saturated carbocycles. The summed E-state index contributed by atoms with van der Waals surface area (Å²) < 4.78 is 54.0. The average molecular weight is 366 g/mol. The molecular formula is C17H13F3N2O4. The molecule has 0 aliphatic heterocycles. The molecule has 1 N–H and O–H groups in total. The van der Waals surface area contributed by atoms with Crippen LogP contribution >= 0.6 is 0 Å².